The van der Waals surface area contributed by atoms with Crippen LogP contribution in [0.4, 0.5) is 0 Å². The smallest absolute Gasteiger partial charge is 0.246 e. The highest BCUT2D eigenvalue weighted by molar-refractivity contribution is 7.89. The summed E-state index contributed by atoms with van der Waals surface area (Å²) in [6.07, 6.45) is 6.19. The lowest BCUT2D eigenvalue weighted by molar-refractivity contribution is -0.129. The maximum absolute atomic E-state index is 13.6. The molecule has 1 aromatic heterocycles. The molecule has 6 rings (SSSR count). The van der Waals surface area contributed by atoms with E-state index in [1.54, 1.807) is 8.99 Å². The van der Waals surface area contributed by atoms with Gasteiger partial charge in [-0.05, 0) is 68.2 Å². The highest BCUT2D eigenvalue weighted by atomic mass is 32.2. The number of fused-ring (bicyclic) bond motifs is 1. The Morgan fingerprint density at radius 3 is 2.17 bits per heavy atom. The number of hydrogen-bond acceptors (Lipinski definition) is 5. The zero-order valence-electron chi connectivity index (χ0n) is 23.2. The van der Waals surface area contributed by atoms with Crippen molar-refractivity contribution in [1.82, 2.24) is 19.0 Å². The third-order valence-corrected chi connectivity index (χ3v) is 11.6. The third-order valence-electron chi connectivity index (χ3n) is 9.70. The molecule has 3 aliphatic rings. The van der Waals surface area contributed by atoms with Gasteiger partial charge in [0.15, 0.2) is 0 Å². The Hall–Kier alpha value is -3.01. The third kappa shape index (κ3) is 4.78. The summed E-state index contributed by atoms with van der Waals surface area (Å²) < 4.78 is 30.6. The van der Waals surface area contributed by atoms with Crippen molar-refractivity contribution in [1.29, 1.82) is 0 Å². The molecule has 212 valence electrons. The zero-order chi connectivity index (χ0) is 27.9. The molecular weight excluding hydrogens is 522 g/mol. The number of hydrogen-bond donors (Lipinski definition) is 1. The van der Waals surface area contributed by atoms with E-state index in [9.17, 15) is 13.2 Å². The van der Waals surface area contributed by atoms with Crippen LogP contribution in [-0.2, 0) is 14.8 Å². The summed E-state index contributed by atoms with van der Waals surface area (Å²) in [7, 11) is -3.63. The minimum Gasteiger partial charge on any atom is -0.369 e. The molecule has 40 heavy (non-hydrogen) atoms. The zero-order valence-corrected chi connectivity index (χ0v) is 24.0. The van der Waals surface area contributed by atoms with Gasteiger partial charge in [-0.3, -0.25) is 4.79 Å². The molecule has 3 fully saturated rings. The van der Waals surface area contributed by atoms with Gasteiger partial charge in [0.2, 0.25) is 15.9 Å². The first kappa shape index (κ1) is 27.2. The number of rotatable bonds is 9. The molecule has 1 aliphatic carbocycles. The molecule has 2 unspecified atom stereocenters. The van der Waals surface area contributed by atoms with Gasteiger partial charge < -0.3 is 10.6 Å². The number of aromatic nitrogens is 2. The van der Waals surface area contributed by atoms with E-state index in [0.29, 0.717) is 30.6 Å². The van der Waals surface area contributed by atoms with Gasteiger partial charge in [-0.25, -0.2) is 13.1 Å². The molecule has 2 saturated heterocycles. The maximum Gasteiger partial charge on any atom is 0.246 e. The van der Waals surface area contributed by atoms with Crippen molar-refractivity contribution in [3.8, 4) is 5.69 Å². The van der Waals surface area contributed by atoms with E-state index in [1.165, 1.54) is 11.8 Å². The Morgan fingerprint density at radius 1 is 0.975 bits per heavy atom. The summed E-state index contributed by atoms with van der Waals surface area (Å²) in [5.74, 6) is 0.566. The van der Waals surface area contributed by atoms with Gasteiger partial charge >= 0.3 is 0 Å². The Bertz CT molecular complexity index is 1440. The van der Waals surface area contributed by atoms with Crippen molar-refractivity contribution in [2.75, 3.05) is 32.7 Å². The Morgan fingerprint density at radius 2 is 1.57 bits per heavy atom. The van der Waals surface area contributed by atoms with Gasteiger partial charge in [-0.1, -0.05) is 61.4 Å². The molecule has 3 aromatic rings. The summed E-state index contributed by atoms with van der Waals surface area (Å²) in [5.41, 5.74) is 8.27. The van der Waals surface area contributed by atoms with Crippen LogP contribution in [0.1, 0.15) is 49.3 Å². The molecule has 8 nitrogen and oxygen atoms in total. The highest BCUT2D eigenvalue weighted by Gasteiger charge is 2.48. The van der Waals surface area contributed by atoms with Crippen LogP contribution in [0.3, 0.4) is 0 Å². The van der Waals surface area contributed by atoms with Crippen LogP contribution in [0, 0.1) is 24.2 Å². The fourth-order valence-electron chi connectivity index (χ4n) is 7.57. The number of nitrogens with two attached hydrogens (primary N) is 1. The fourth-order valence-corrected chi connectivity index (χ4v) is 9.27. The van der Waals surface area contributed by atoms with Crippen molar-refractivity contribution < 1.29 is 13.2 Å². The Kier molecular flexibility index (Phi) is 7.31. The largest absolute Gasteiger partial charge is 0.369 e. The van der Waals surface area contributed by atoms with E-state index in [2.05, 4.69) is 22.1 Å². The molecule has 2 aromatic carbocycles. The van der Waals surface area contributed by atoms with Crippen molar-refractivity contribution >= 4 is 15.9 Å². The number of benzene rings is 2. The molecule has 1 amide bonds. The molecule has 2 aliphatic heterocycles. The van der Waals surface area contributed by atoms with Gasteiger partial charge in [0.1, 0.15) is 4.90 Å². The second kappa shape index (κ2) is 10.8. The quantitative estimate of drug-likeness (QED) is 0.426. The average molecular weight is 562 g/mol. The summed E-state index contributed by atoms with van der Waals surface area (Å²) in [4.78, 5) is 15.5. The number of amides is 1. The number of sulfonamides is 1. The number of nitrogens with zero attached hydrogens (tertiary/aromatic N) is 4. The SMILES string of the molecule is Cc1c(S(=O)(=O)N2CC3CN(CC[C@@H](c4ccccc4)C4(C(N)=O)CCCC4)CC3C2)cnn1-c1ccccc1. The molecule has 1 saturated carbocycles. The number of primary amides is 1. The topological polar surface area (TPSA) is 102 Å². The standard InChI is InChI=1S/C31H39N5O3S/c1-23-29(18-33-36(23)27-12-6-3-7-13-27)40(38,39)35-21-25-19-34(20-26(25)22-35)17-14-28(24-10-4-2-5-11-24)31(30(32)37)15-8-9-16-31/h2-7,10-13,18,25-26,28H,8-9,14-17,19-22H2,1H3,(H2,32,37)/t25?,26?,28-/m0/s1. The van der Waals surface area contributed by atoms with Gasteiger partial charge in [0.25, 0.3) is 0 Å². The van der Waals surface area contributed by atoms with Gasteiger partial charge in [0, 0.05) is 26.2 Å². The lowest BCUT2D eigenvalue weighted by Gasteiger charge is -2.36. The van der Waals surface area contributed by atoms with Crippen LogP contribution in [0.15, 0.2) is 71.8 Å². The number of carbonyl (C=O) groups is 1. The predicted octanol–water partition coefficient (Wildman–Crippen LogP) is 3.95. The van der Waals surface area contributed by atoms with Crippen LogP contribution >= 0.6 is 0 Å². The van der Waals surface area contributed by atoms with E-state index < -0.39 is 15.4 Å². The van der Waals surface area contributed by atoms with Gasteiger partial charge in [-0.2, -0.15) is 9.40 Å². The molecule has 2 N–H and O–H groups in total. The van der Waals surface area contributed by atoms with E-state index >= 15 is 0 Å². The number of para-hydroxylation sites is 1. The van der Waals surface area contributed by atoms with Gasteiger partial charge in [-0.15, -0.1) is 0 Å². The molecule has 9 heteroatoms. The second-order valence-electron chi connectivity index (χ2n) is 11.9. The average Bonchev–Trinajstić information content (AvgIpc) is 3.74. The Labute approximate surface area is 237 Å². The maximum atomic E-state index is 13.6. The summed E-state index contributed by atoms with van der Waals surface area (Å²) in [5, 5.41) is 4.39. The Balaban J connectivity index is 1.12. The predicted molar refractivity (Wildman–Crippen MR) is 154 cm³/mol. The van der Waals surface area contributed by atoms with Crippen molar-refractivity contribution in [3.05, 3.63) is 78.1 Å². The minimum atomic E-state index is -3.63. The summed E-state index contributed by atoms with van der Waals surface area (Å²) >= 11 is 0. The highest BCUT2D eigenvalue weighted by Crippen LogP contribution is 2.50. The first-order chi connectivity index (χ1) is 19.3. The lowest BCUT2D eigenvalue weighted by atomic mass is 9.68. The van der Waals surface area contributed by atoms with E-state index in [4.69, 9.17) is 5.73 Å². The van der Waals surface area contributed by atoms with Crippen LogP contribution in [0.2, 0.25) is 0 Å². The number of carbonyl (C=O) groups excluding carboxylic acids is 1. The van der Waals surface area contributed by atoms with Crippen molar-refractivity contribution in [2.45, 2.75) is 49.8 Å². The minimum absolute atomic E-state index is 0.107. The molecule has 0 spiro atoms. The molecule has 3 atom stereocenters. The summed E-state index contributed by atoms with van der Waals surface area (Å²) in [6.45, 7) is 5.53. The van der Waals surface area contributed by atoms with E-state index in [1.807, 2.05) is 55.5 Å². The first-order valence-corrected chi connectivity index (χ1v) is 15.9. The molecule has 0 radical (unpaired) electrons. The van der Waals surface area contributed by atoms with Crippen LogP contribution in [0.25, 0.3) is 5.69 Å². The van der Waals surface area contributed by atoms with E-state index in [0.717, 1.165) is 57.4 Å². The van der Waals surface area contributed by atoms with Crippen LogP contribution < -0.4 is 5.73 Å². The van der Waals surface area contributed by atoms with Crippen molar-refractivity contribution in [2.24, 2.45) is 23.0 Å². The lowest BCUT2D eigenvalue weighted by Crippen LogP contribution is -2.41. The first-order valence-electron chi connectivity index (χ1n) is 14.5. The second-order valence-corrected chi connectivity index (χ2v) is 13.8. The molecular formula is C31H39N5O3S. The number of likely N-dealkylation sites (tertiary alicyclic amines) is 1. The van der Waals surface area contributed by atoms with E-state index in [-0.39, 0.29) is 16.7 Å². The van der Waals surface area contributed by atoms with Crippen LogP contribution in [-0.4, -0.2) is 66.0 Å². The summed E-state index contributed by atoms with van der Waals surface area (Å²) in [6, 6.07) is 20.0. The van der Waals surface area contributed by atoms with Crippen molar-refractivity contribution in [3.63, 3.8) is 0 Å². The fraction of sp³-hybridized carbons (Fsp3) is 0.484. The monoisotopic (exact) mass is 561 g/mol. The van der Waals surface area contributed by atoms with Crippen LogP contribution in [0.5, 0.6) is 0 Å². The normalized spacial score (nSPS) is 23.8. The molecule has 3 heterocycles. The molecule has 0 bridgehead atoms. The van der Waals surface area contributed by atoms with Gasteiger partial charge in [0.05, 0.1) is 23.0 Å².